The highest BCUT2D eigenvalue weighted by Gasteiger charge is 2.30. The second-order valence-corrected chi connectivity index (χ2v) is 8.17. The molecular formula is C19H38N6O. The van der Waals surface area contributed by atoms with Crippen molar-refractivity contribution in [2.45, 2.75) is 19.4 Å². The Hall–Kier alpha value is -0.890. The van der Waals surface area contributed by atoms with Gasteiger partial charge in [-0.05, 0) is 19.4 Å². The molecular weight excluding hydrogens is 328 g/mol. The lowest BCUT2D eigenvalue weighted by Gasteiger charge is -2.34. The number of ether oxygens (including phenoxy) is 1. The van der Waals surface area contributed by atoms with Gasteiger partial charge in [0.25, 0.3) is 0 Å². The topological polar surface area (TPSA) is 46.6 Å². The summed E-state index contributed by atoms with van der Waals surface area (Å²) in [5.74, 6) is 1.71. The van der Waals surface area contributed by atoms with Crippen LogP contribution in [0.4, 0.5) is 0 Å². The van der Waals surface area contributed by atoms with Crippen molar-refractivity contribution in [1.82, 2.24) is 24.9 Å². The summed E-state index contributed by atoms with van der Waals surface area (Å²) < 4.78 is 5.49. The number of piperazine rings is 1. The van der Waals surface area contributed by atoms with Gasteiger partial charge in [0.15, 0.2) is 5.96 Å². The normalized spacial score (nSPS) is 28.5. The van der Waals surface area contributed by atoms with Crippen LogP contribution in [-0.2, 0) is 4.74 Å². The van der Waals surface area contributed by atoms with E-state index in [2.05, 4.69) is 43.9 Å². The summed E-state index contributed by atoms with van der Waals surface area (Å²) in [5, 5.41) is 3.63. The van der Waals surface area contributed by atoms with Crippen molar-refractivity contribution in [3.8, 4) is 0 Å². The van der Waals surface area contributed by atoms with Crippen LogP contribution < -0.4 is 5.32 Å². The molecule has 0 aromatic carbocycles. The Kier molecular flexibility index (Phi) is 7.54. The molecule has 0 aromatic heterocycles. The van der Waals surface area contributed by atoms with Gasteiger partial charge in [0.05, 0.1) is 13.2 Å². The zero-order valence-corrected chi connectivity index (χ0v) is 17.0. The molecule has 0 radical (unpaired) electrons. The summed E-state index contributed by atoms with van der Waals surface area (Å²) in [5.41, 5.74) is 0. The van der Waals surface area contributed by atoms with Gasteiger partial charge in [0.2, 0.25) is 0 Å². The van der Waals surface area contributed by atoms with Gasteiger partial charge in [-0.2, -0.15) is 0 Å². The van der Waals surface area contributed by atoms with Gasteiger partial charge in [-0.15, -0.1) is 0 Å². The van der Waals surface area contributed by atoms with E-state index >= 15 is 0 Å². The molecule has 3 rings (SSSR count). The quantitative estimate of drug-likeness (QED) is 0.540. The van der Waals surface area contributed by atoms with Crippen molar-refractivity contribution < 1.29 is 4.74 Å². The van der Waals surface area contributed by atoms with E-state index in [-0.39, 0.29) is 0 Å². The minimum Gasteiger partial charge on any atom is -0.379 e. The number of likely N-dealkylation sites (tertiary alicyclic amines) is 1. The van der Waals surface area contributed by atoms with Crippen LogP contribution in [0.3, 0.4) is 0 Å². The molecule has 26 heavy (non-hydrogen) atoms. The smallest absolute Gasteiger partial charge is 0.193 e. The van der Waals surface area contributed by atoms with E-state index in [1.54, 1.807) is 0 Å². The van der Waals surface area contributed by atoms with Crippen LogP contribution in [0.25, 0.3) is 0 Å². The van der Waals surface area contributed by atoms with Crippen LogP contribution in [0.2, 0.25) is 0 Å². The van der Waals surface area contributed by atoms with Crippen LogP contribution in [-0.4, -0.2) is 124 Å². The van der Waals surface area contributed by atoms with Gasteiger partial charge in [-0.1, -0.05) is 6.92 Å². The number of hydrogen-bond donors (Lipinski definition) is 1. The van der Waals surface area contributed by atoms with Crippen molar-refractivity contribution in [1.29, 1.82) is 0 Å². The molecule has 7 nitrogen and oxygen atoms in total. The van der Waals surface area contributed by atoms with E-state index in [1.165, 1.54) is 39.1 Å². The maximum absolute atomic E-state index is 5.49. The molecule has 1 N–H and O–H groups in total. The van der Waals surface area contributed by atoms with Gasteiger partial charge >= 0.3 is 0 Å². The number of hydrogen-bond acceptors (Lipinski definition) is 5. The highest BCUT2D eigenvalue weighted by molar-refractivity contribution is 5.80. The molecule has 0 bridgehead atoms. The van der Waals surface area contributed by atoms with E-state index < -0.39 is 0 Å². The average molecular weight is 367 g/mol. The average Bonchev–Trinajstić information content (AvgIpc) is 3.15. The van der Waals surface area contributed by atoms with Gasteiger partial charge < -0.3 is 24.8 Å². The molecule has 3 fully saturated rings. The van der Waals surface area contributed by atoms with Crippen LogP contribution in [0, 0.1) is 5.92 Å². The molecule has 2 atom stereocenters. The standard InChI is InChI=1S/C19H38N6O/c1-17(15-23-8-6-22(3)7-9-23)14-21-19(20-2)25-5-4-18(16-25)24-10-12-26-13-11-24/h17-18H,4-16H2,1-3H3,(H,20,21). The van der Waals surface area contributed by atoms with E-state index in [4.69, 9.17) is 4.74 Å². The van der Waals surface area contributed by atoms with Crippen molar-refractivity contribution in [2.24, 2.45) is 10.9 Å². The monoisotopic (exact) mass is 366 g/mol. The van der Waals surface area contributed by atoms with Crippen molar-refractivity contribution in [3.63, 3.8) is 0 Å². The Morgan fingerprint density at radius 2 is 1.85 bits per heavy atom. The number of nitrogens with one attached hydrogen (secondary N) is 1. The minimum absolute atomic E-state index is 0.632. The Balaban J connectivity index is 1.39. The predicted octanol–water partition coefficient (Wildman–Crippen LogP) is -0.148. The predicted molar refractivity (Wildman–Crippen MR) is 107 cm³/mol. The molecule has 0 aliphatic carbocycles. The number of rotatable bonds is 5. The Bertz CT molecular complexity index is 445. The maximum Gasteiger partial charge on any atom is 0.193 e. The molecule has 3 aliphatic heterocycles. The van der Waals surface area contributed by atoms with Gasteiger partial charge in [0.1, 0.15) is 0 Å². The van der Waals surface area contributed by atoms with Crippen LogP contribution >= 0.6 is 0 Å². The van der Waals surface area contributed by atoms with Crippen molar-refractivity contribution in [2.75, 3.05) is 92.8 Å². The van der Waals surface area contributed by atoms with Crippen LogP contribution in [0.5, 0.6) is 0 Å². The zero-order chi connectivity index (χ0) is 18.4. The Labute approximate surface area is 159 Å². The second-order valence-electron chi connectivity index (χ2n) is 8.17. The number of guanidine groups is 1. The van der Waals surface area contributed by atoms with E-state index in [0.29, 0.717) is 12.0 Å². The lowest BCUT2D eigenvalue weighted by Crippen LogP contribution is -2.48. The molecule has 0 amide bonds. The summed E-state index contributed by atoms with van der Waals surface area (Å²) in [6.45, 7) is 15.4. The van der Waals surface area contributed by atoms with E-state index in [1.807, 2.05) is 7.05 Å². The first-order valence-corrected chi connectivity index (χ1v) is 10.3. The molecule has 3 saturated heterocycles. The number of aliphatic imine (C=N–C) groups is 1. The molecule has 2 unspecified atom stereocenters. The van der Waals surface area contributed by atoms with Crippen molar-refractivity contribution in [3.05, 3.63) is 0 Å². The van der Waals surface area contributed by atoms with Gasteiger partial charge in [-0.3, -0.25) is 9.89 Å². The third-order valence-electron chi connectivity index (χ3n) is 6.01. The lowest BCUT2D eigenvalue weighted by molar-refractivity contribution is 0.0195. The van der Waals surface area contributed by atoms with Crippen LogP contribution in [0.1, 0.15) is 13.3 Å². The van der Waals surface area contributed by atoms with Gasteiger partial charge in [0, 0.05) is 78.5 Å². The summed E-state index contributed by atoms with van der Waals surface area (Å²) in [4.78, 5) is 14.6. The summed E-state index contributed by atoms with van der Waals surface area (Å²) in [7, 11) is 4.13. The zero-order valence-electron chi connectivity index (χ0n) is 17.0. The summed E-state index contributed by atoms with van der Waals surface area (Å²) >= 11 is 0. The summed E-state index contributed by atoms with van der Waals surface area (Å²) in [6, 6.07) is 0.653. The van der Waals surface area contributed by atoms with Crippen LogP contribution in [0.15, 0.2) is 4.99 Å². The first-order chi connectivity index (χ1) is 12.7. The second kappa shape index (κ2) is 9.88. The highest BCUT2D eigenvalue weighted by Crippen LogP contribution is 2.17. The third kappa shape index (κ3) is 5.55. The van der Waals surface area contributed by atoms with E-state index in [9.17, 15) is 0 Å². The summed E-state index contributed by atoms with van der Waals surface area (Å²) in [6.07, 6.45) is 1.23. The van der Waals surface area contributed by atoms with Crippen molar-refractivity contribution >= 4 is 5.96 Å². The first-order valence-electron chi connectivity index (χ1n) is 10.3. The molecule has 3 aliphatic rings. The third-order valence-corrected chi connectivity index (χ3v) is 6.01. The molecule has 0 saturated carbocycles. The van der Waals surface area contributed by atoms with Gasteiger partial charge in [-0.25, -0.2) is 0 Å². The fourth-order valence-corrected chi connectivity index (χ4v) is 4.31. The fraction of sp³-hybridized carbons (Fsp3) is 0.947. The maximum atomic E-state index is 5.49. The lowest BCUT2D eigenvalue weighted by atomic mass is 10.1. The molecule has 0 spiro atoms. The fourth-order valence-electron chi connectivity index (χ4n) is 4.31. The molecule has 3 heterocycles. The Morgan fingerprint density at radius 3 is 2.54 bits per heavy atom. The minimum atomic E-state index is 0.632. The molecule has 150 valence electrons. The molecule has 0 aromatic rings. The Morgan fingerprint density at radius 1 is 1.12 bits per heavy atom. The van der Waals surface area contributed by atoms with E-state index in [0.717, 1.165) is 51.9 Å². The number of likely N-dealkylation sites (N-methyl/N-ethyl adjacent to an activating group) is 1. The number of nitrogens with zero attached hydrogens (tertiary/aromatic N) is 5. The SMILES string of the molecule is CN=C(NCC(C)CN1CCN(C)CC1)N1CCC(N2CCOCC2)C1. The molecule has 7 heteroatoms. The first kappa shape index (κ1) is 19.9. The highest BCUT2D eigenvalue weighted by atomic mass is 16.5. The number of morpholine rings is 1. The largest absolute Gasteiger partial charge is 0.379 e.